The van der Waals surface area contributed by atoms with E-state index >= 15 is 0 Å². The molecule has 2 N–H and O–H groups in total. The first-order chi connectivity index (χ1) is 12.1. The van der Waals surface area contributed by atoms with Gasteiger partial charge in [0.15, 0.2) is 0 Å². The van der Waals surface area contributed by atoms with E-state index in [1.54, 1.807) is 0 Å². The second-order valence-corrected chi connectivity index (χ2v) is 7.81. The zero-order chi connectivity index (χ0) is 17.4. The van der Waals surface area contributed by atoms with E-state index < -0.39 is 0 Å². The zero-order valence-electron chi connectivity index (χ0n) is 15.3. The second-order valence-electron chi connectivity index (χ2n) is 7.81. The molecule has 1 aliphatic carbocycles. The number of nitrogens with zero attached hydrogens (tertiary/aromatic N) is 6. The SMILES string of the molecule is Cc1nccn1CC1CCN(Cc2nnc(C3CC(N)C3)n2C)CC1. The topological polar surface area (TPSA) is 77.8 Å². The first-order valence-corrected chi connectivity index (χ1v) is 9.44. The van der Waals surface area contributed by atoms with Crippen LogP contribution in [-0.4, -0.2) is 48.3 Å². The smallest absolute Gasteiger partial charge is 0.146 e. The van der Waals surface area contributed by atoms with E-state index in [4.69, 9.17) is 5.73 Å². The predicted molar refractivity (Wildman–Crippen MR) is 95.9 cm³/mol. The van der Waals surface area contributed by atoms with Gasteiger partial charge in [0.25, 0.3) is 0 Å². The molecule has 2 aliphatic rings. The van der Waals surface area contributed by atoms with Crippen molar-refractivity contribution in [2.75, 3.05) is 13.1 Å². The quantitative estimate of drug-likeness (QED) is 0.889. The fourth-order valence-electron chi connectivity index (χ4n) is 4.14. The standard InChI is InChI=1S/C18H29N7/c1-13-20-5-8-25(13)11-14-3-6-24(7-4-14)12-17-21-22-18(23(17)2)15-9-16(19)10-15/h5,8,14-16H,3-4,6-7,9-12,19H2,1-2H3. The molecular formula is C18H29N7. The summed E-state index contributed by atoms with van der Waals surface area (Å²) in [6.45, 7) is 6.34. The Morgan fingerprint density at radius 1 is 1.20 bits per heavy atom. The van der Waals surface area contributed by atoms with E-state index in [0.717, 1.165) is 62.4 Å². The number of hydrogen-bond acceptors (Lipinski definition) is 5. The van der Waals surface area contributed by atoms with Gasteiger partial charge in [-0.05, 0) is 51.6 Å². The molecule has 0 atom stereocenters. The molecule has 0 aromatic carbocycles. The highest BCUT2D eigenvalue weighted by Crippen LogP contribution is 2.34. The number of imidazole rings is 1. The third-order valence-electron chi connectivity index (χ3n) is 5.99. The van der Waals surface area contributed by atoms with Gasteiger partial charge in [0.05, 0.1) is 6.54 Å². The van der Waals surface area contributed by atoms with Crippen LogP contribution in [0.2, 0.25) is 0 Å². The van der Waals surface area contributed by atoms with E-state index in [1.165, 1.54) is 12.8 Å². The largest absolute Gasteiger partial charge is 0.335 e. The number of aromatic nitrogens is 5. The van der Waals surface area contributed by atoms with Crippen LogP contribution in [0.15, 0.2) is 12.4 Å². The summed E-state index contributed by atoms with van der Waals surface area (Å²) in [6.07, 6.45) is 8.55. The fraction of sp³-hybridized carbons (Fsp3) is 0.722. The van der Waals surface area contributed by atoms with Crippen molar-refractivity contribution in [3.05, 3.63) is 29.9 Å². The Morgan fingerprint density at radius 2 is 1.96 bits per heavy atom. The third kappa shape index (κ3) is 3.48. The summed E-state index contributed by atoms with van der Waals surface area (Å²) in [5, 5.41) is 8.88. The number of aryl methyl sites for hydroxylation is 1. The summed E-state index contributed by atoms with van der Waals surface area (Å²) in [6, 6.07) is 0.350. The highest BCUT2D eigenvalue weighted by Gasteiger charge is 2.31. The number of likely N-dealkylation sites (tertiary alicyclic amines) is 1. The van der Waals surface area contributed by atoms with Gasteiger partial charge < -0.3 is 14.9 Å². The summed E-state index contributed by atoms with van der Waals surface area (Å²) >= 11 is 0. The lowest BCUT2D eigenvalue weighted by Gasteiger charge is -2.32. The number of rotatable bonds is 5. The molecule has 4 rings (SSSR count). The van der Waals surface area contributed by atoms with Crippen LogP contribution in [0.4, 0.5) is 0 Å². The maximum Gasteiger partial charge on any atom is 0.146 e. The van der Waals surface area contributed by atoms with Gasteiger partial charge in [-0.25, -0.2) is 4.98 Å². The van der Waals surface area contributed by atoms with E-state index in [0.29, 0.717) is 12.0 Å². The maximum atomic E-state index is 5.91. The number of piperidine rings is 1. The van der Waals surface area contributed by atoms with Gasteiger partial charge in [0.1, 0.15) is 17.5 Å². The first-order valence-electron chi connectivity index (χ1n) is 9.44. The van der Waals surface area contributed by atoms with Crippen molar-refractivity contribution in [3.63, 3.8) is 0 Å². The minimum absolute atomic E-state index is 0.350. The van der Waals surface area contributed by atoms with Crippen LogP contribution < -0.4 is 5.73 Å². The molecule has 136 valence electrons. The van der Waals surface area contributed by atoms with Crippen molar-refractivity contribution in [1.29, 1.82) is 0 Å². The lowest BCUT2D eigenvalue weighted by Crippen LogP contribution is -2.36. The summed E-state index contributed by atoms with van der Waals surface area (Å²) in [4.78, 5) is 6.83. The summed E-state index contributed by atoms with van der Waals surface area (Å²) in [5.74, 6) is 4.56. The Morgan fingerprint density at radius 3 is 2.60 bits per heavy atom. The molecule has 2 fully saturated rings. The molecule has 7 nitrogen and oxygen atoms in total. The van der Waals surface area contributed by atoms with E-state index in [9.17, 15) is 0 Å². The Balaban J connectivity index is 1.29. The van der Waals surface area contributed by atoms with Gasteiger partial charge in [-0.3, -0.25) is 4.90 Å². The number of hydrogen-bond donors (Lipinski definition) is 1. The van der Waals surface area contributed by atoms with Crippen LogP contribution in [0.5, 0.6) is 0 Å². The highest BCUT2D eigenvalue weighted by atomic mass is 15.3. The van der Waals surface area contributed by atoms with Crippen molar-refractivity contribution >= 4 is 0 Å². The molecule has 2 aromatic rings. The predicted octanol–water partition coefficient (Wildman–Crippen LogP) is 1.44. The summed E-state index contributed by atoms with van der Waals surface area (Å²) < 4.78 is 4.47. The van der Waals surface area contributed by atoms with E-state index in [2.05, 4.69) is 49.4 Å². The van der Waals surface area contributed by atoms with Crippen LogP contribution >= 0.6 is 0 Å². The van der Waals surface area contributed by atoms with Crippen molar-refractivity contribution < 1.29 is 0 Å². The van der Waals surface area contributed by atoms with Gasteiger partial charge in [-0.1, -0.05) is 0 Å². The van der Waals surface area contributed by atoms with Crippen LogP contribution in [0, 0.1) is 12.8 Å². The van der Waals surface area contributed by atoms with Crippen LogP contribution in [0.3, 0.4) is 0 Å². The maximum absolute atomic E-state index is 5.91. The lowest BCUT2D eigenvalue weighted by atomic mass is 9.80. The normalized spacial score (nSPS) is 25.2. The van der Waals surface area contributed by atoms with Crippen molar-refractivity contribution in [1.82, 2.24) is 29.2 Å². The average Bonchev–Trinajstić information content (AvgIpc) is 3.13. The molecular weight excluding hydrogens is 314 g/mol. The molecule has 0 amide bonds. The minimum atomic E-state index is 0.350. The molecule has 25 heavy (non-hydrogen) atoms. The van der Waals surface area contributed by atoms with Crippen LogP contribution in [0.1, 0.15) is 49.1 Å². The van der Waals surface area contributed by atoms with E-state index in [-0.39, 0.29) is 0 Å². The van der Waals surface area contributed by atoms with Crippen LogP contribution in [-0.2, 0) is 20.1 Å². The lowest BCUT2D eigenvalue weighted by molar-refractivity contribution is 0.162. The fourth-order valence-corrected chi connectivity index (χ4v) is 4.14. The second kappa shape index (κ2) is 6.88. The average molecular weight is 343 g/mol. The van der Waals surface area contributed by atoms with Crippen molar-refractivity contribution in [3.8, 4) is 0 Å². The molecule has 1 saturated heterocycles. The molecule has 0 unspecified atom stereocenters. The van der Waals surface area contributed by atoms with Gasteiger partial charge in [-0.15, -0.1) is 10.2 Å². The Bertz CT molecular complexity index is 705. The van der Waals surface area contributed by atoms with Crippen LogP contribution in [0.25, 0.3) is 0 Å². The zero-order valence-corrected chi connectivity index (χ0v) is 15.3. The number of nitrogens with two attached hydrogens (primary N) is 1. The first kappa shape index (κ1) is 16.7. The third-order valence-corrected chi connectivity index (χ3v) is 5.99. The Hall–Kier alpha value is -1.73. The van der Waals surface area contributed by atoms with Gasteiger partial charge >= 0.3 is 0 Å². The molecule has 2 aromatic heterocycles. The Kier molecular flexibility index (Phi) is 4.60. The van der Waals surface area contributed by atoms with Crippen molar-refractivity contribution in [2.45, 2.75) is 57.7 Å². The molecule has 0 radical (unpaired) electrons. The molecule has 7 heteroatoms. The molecule has 1 saturated carbocycles. The van der Waals surface area contributed by atoms with Gasteiger partial charge in [0, 0.05) is 37.9 Å². The molecule has 0 bridgehead atoms. The molecule has 0 spiro atoms. The van der Waals surface area contributed by atoms with Gasteiger partial charge in [0.2, 0.25) is 0 Å². The van der Waals surface area contributed by atoms with Gasteiger partial charge in [-0.2, -0.15) is 0 Å². The van der Waals surface area contributed by atoms with E-state index in [1.807, 2.05) is 6.20 Å². The molecule has 1 aliphatic heterocycles. The summed E-state index contributed by atoms with van der Waals surface area (Å²) in [5.41, 5.74) is 5.91. The minimum Gasteiger partial charge on any atom is -0.335 e. The summed E-state index contributed by atoms with van der Waals surface area (Å²) in [7, 11) is 2.10. The Labute approximate surface area is 149 Å². The monoisotopic (exact) mass is 343 g/mol. The molecule has 3 heterocycles. The highest BCUT2D eigenvalue weighted by molar-refractivity contribution is 5.08. The van der Waals surface area contributed by atoms with Crippen molar-refractivity contribution in [2.24, 2.45) is 18.7 Å².